The third kappa shape index (κ3) is 5.17. The quantitative estimate of drug-likeness (QED) is 0.738. The number of aryl methyl sites for hydroxylation is 2. The number of benzene rings is 2. The summed E-state index contributed by atoms with van der Waals surface area (Å²) in [7, 11) is 0. The molecule has 1 saturated heterocycles. The maximum absolute atomic E-state index is 12.6. The van der Waals surface area contributed by atoms with Gasteiger partial charge in [-0.1, -0.05) is 35.9 Å². The molecule has 2 aromatic rings. The molecule has 0 atom stereocenters. The fourth-order valence-electron chi connectivity index (χ4n) is 3.23. The molecule has 0 aliphatic carbocycles. The molecule has 142 valence electrons. The number of Topliss-reactive ketones (excluding diaryl/α,β-unsaturated/α-hetero) is 1. The number of ether oxygens (including phenoxy) is 1. The number of carbonyl (C=O) groups excluding carboxylic acids is 2. The van der Waals surface area contributed by atoms with E-state index < -0.39 is 0 Å². The van der Waals surface area contributed by atoms with Gasteiger partial charge in [0.25, 0.3) is 5.91 Å². The van der Waals surface area contributed by atoms with Crippen LogP contribution in [-0.4, -0.2) is 60.8 Å². The molecule has 0 spiro atoms. The second-order valence-electron chi connectivity index (χ2n) is 7.00. The van der Waals surface area contributed by atoms with E-state index in [4.69, 9.17) is 4.74 Å². The Balaban J connectivity index is 1.46. The van der Waals surface area contributed by atoms with Crippen LogP contribution in [0.3, 0.4) is 0 Å². The Morgan fingerprint density at radius 2 is 1.67 bits per heavy atom. The minimum Gasteiger partial charge on any atom is -0.484 e. The van der Waals surface area contributed by atoms with Gasteiger partial charge in [-0.15, -0.1) is 0 Å². The van der Waals surface area contributed by atoms with Gasteiger partial charge in [0.05, 0.1) is 6.54 Å². The Bertz CT molecular complexity index is 796. The van der Waals surface area contributed by atoms with E-state index in [0.29, 0.717) is 38.5 Å². The van der Waals surface area contributed by atoms with Crippen molar-refractivity contribution in [2.24, 2.45) is 0 Å². The van der Waals surface area contributed by atoms with Crippen molar-refractivity contribution in [2.75, 3.05) is 39.3 Å². The molecule has 5 heteroatoms. The summed E-state index contributed by atoms with van der Waals surface area (Å²) in [6.45, 7) is 7.06. The zero-order chi connectivity index (χ0) is 19.2. The molecule has 0 radical (unpaired) electrons. The largest absolute Gasteiger partial charge is 0.484 e. The smallest absolute Gasteiger partial charge is 0.260 e. The Morgan fingerprint density at radius 3 is 2.37 bits per heavy atom. The number of hydrogen-bond donors (Lipinski definition) is 0. The summed E-state index contributed by atoms with van der Waals surface area (Å²) in [4.78, 5) is 28.9. The van der Waals surface area contributed by atoms with Crippen LogP contribution in [0.5, 0.6) is 5.75 Å². The second kappa shape index (κ2) is 8.82. The second-order valence-corrected chi connectivity index (χ2v) is 7.00. The number of piperazine rings is 1. The number of rotatable bonds is 6. The molecule has 0 bridgehead atoms. The van der Waals surface area contributed by atoms with Crippen molar-refractivity contribution in [3.05, 3.63) is 65.2 Å². The molecule has 2 aromatic carbocycles. The van der Waals surface area contributed by atoms with Crippen LogP contribution in [0.15, 0.2) is 48.5 Å². The first kappa shape index (κ1) is 19.1. The lowest BCUT2D eigenvalue weighted by molar-refractivity contribution is -0.135. The van der Waals surface area contributed by atoms with Crippen molar-refractivity contribution in [1.82, 2.24) is 9.80 Å². The van der Waals surface area contributed by atoms with Gasteiger partial charge in [-0.2, -0.15) is 0 Å². The van der Waals surface area contributed by atoms with E-state index in [1.165, 1.54) is 0 Å². The van der Waals surface area contributed by atoms with E-state index in [-0.39, 0.29) is 18.3 Å². The average Bonchev–Trinajstić information content (AvgIpc) is 2.69. The maximum Gasteiger partial charge on any atom is 0.260 e. The molecule has 1 amide bonds. The third-order valence-electron chi connectivity index (χ3n) is 4.89. The first-order valence-corrected chi connectivity index (χ1v) is 9.31. The van der Waals surface area contributed by atoms with Crippen LogP contribution >= 0.6 is 0 Å². The lowest BCUT2D eigenvalue weighted by atomic mass is 10.0. The maximum atomic E-state index is 12.6. The van der Waals surface area contributed by atoms with Gasteiger partial charge < -0.3 is 9.64 Å². The van der Waals surface area contributed by atoms with Gasteiger partial charge >= 0.3 is 0 Å². The molecule has 3 rings (SSSR count). The Morgan fingerprint density at radius 1 is 0.963 bits per heavy atom. The van der Waals surface area contributed by atoms with E-state index in [1.807, 2.05) is 67.3 Å². The highest BCUT2D eigenvalue weighted by Crippen LogP contribution is 2.13. The molecule has 0 saturated carbocycles. The highest BCUT2D eigenvalue weighted by atomic mass is 16.5. The number of para-hydroxylation sites is 1. The number of carbonyl (C=O) groups is 2. The number of amides is 1. The van der Waals surface area contributed by atoms with Gasteiger partial charge in [0, 0.05) is 31.7 Å². The molecule has 0 aromatic heterocycles. The van der Waals surface area contributed by atoms with E-state index >= 15 is 0 Å². The van der Waals surface area contributed by atoms with Gasteiger partial charge in [0.2, 0.25) is 0 Å². The van der Waals surface area contributed by atoms with E-state index in [2.05, 4.69) is 4.90 Å². The topological polar surface area (TPSA) is 49.9 Å². The van der Waals surface area contributed by atoms with Gasteiger partial charge in [0.15, 0.2) is 12.4 Å². The van der Waals surface area contributed by atoms with Crippen molar-refractivity contribution in [3.8, 4) is 5.75 Å². The lowest BCUT2D eigenvalue weighted by Gasteiger charge is -2.34. The first-order chi connectivity index (χ1) is 13.0. The summed E-state index contributed by atoms with van der Waals surface area (Å²) in [5.74, 6) is 0.825. The summed E-state index contributed by atoms with van der Waals surface area (Å²) in [5, 5.41) is 0. The molecule has 0 unspecified atom stereocenters. The Kier molecular flexibility index (Phi) is 6.24. The summed E-state index contributed by atoms with van der Waals surface area (Å²) in [6.07, 6.45) is 0. The molecule has 5 nitrogen and oxygen atoms in total. The Labute approximate surface area is 160 Å². The number of hydrogen-bond acceptors (Lipinski definition) is 4. The van der Waals surface area contributed by atoms with E-state index in [1.54, 1.807) is 0 Å². The monoisotopic (exact) mass is 366 g/mol. The van der Waals surface area contributed by atoms with Crippen LogP contribution in [0.2, 0.25) is 0 Å². The predicted molar refractivity (Wildman–Crippen MR) is 105 cm³/mol. The van der Waals surface area contributed by atoms with Gasteiger partial charge in [-0.3, -0.25) is 14.5 Å². The fraction of sp³-hybridized carbons (Fsp3) is 0.364. The van der Waals surface area contributed by atoms with Crippen molar-refractivity contribution in [2.45, 2.75) is 13.8 Å². The van der Waals surface area contributed by atoms with Gasteiger partial charge in [-0.05, 0) is 37.6 Å². The van der Waals surface area contributed by atoms with Crippen LogP contribution < -0.4 is 4.74 Å². The van der Waals surface area contributed by atoms with Crippen LogP contribution in [0.4, 0.5) is 0 Å². The molecule has 1 aliphatic heterocycles. The number of nitrogens with zero attached hydrogens (tertiary/aromatic N) is 2. The van der Waals surface area contributed by atoms with Crippen molar-refractivity contribution < 1.29 is 14.3 Å². The molecular formula is C22H26N2O3. The molecule has 1 fully saturated rings. The SMILES string of the molecule is Cc1ccc(C)c(C(=O)CN2CCN(C(=O)COc3ccccc3)CC2)c1. The molecule has 27 heavy (non-hydrogen) atoms. The predicted octanol–water partition coefficient (Wildman–Crippen LogP) is 2.71. The standard InChI is InChI=1S/C22H26N2O3/c1-17-8-9-18(2)20(14-17)21(25)15-23-10-12-24(13-11-23)22(26)16-27-19-6-4-3-5-7-19/h3-9,14H,10-13,15-16H2,1-2H3. The highest BCUT2D eigenvalue weighted by molar-refractivity contribution is 5.99. The minimum atomic E-state index is -0.0145. The van der Waals surface area contributed by atoms with Crippen molar-refractivity contribution in [3.63, 3.8) is 0 Å². The third-order valence-corrected chi connectivity index (χ3v) is 4.89. The Hall–Kier alpha value is -2.66. The highest BCUT2D eigenvalue weighted by Gasteiger charge is 2.23. The number of ketones is 1. The van der Waals surface area contributed by atoms with E-state index in [9.17, 15) is 9.59 Å². The zero-order valence-electron chi connectivity index (χ0n) is 16.0. The minimum absolute atomic E-state index is 0.0145. The van der Waals surface area contributed by atoms with Gasteiger partial charge in [0.1, 0.15) is 5.75 Å². The summed E-state index contributed by atoms with van der Waals surface area (Å²) in [6, 6.07) is 15.3. The zero-order valence-corrected chi connectivity index (χ0v) is 16.0. The van der Waals surface area contributed by atoms with Crippen LogP contribution in [0.1, 0.15) is 21.5 Å². The molecular weight excluding hydrogens is 340 g/mol. The first-order valence-electron chi connectivity index (χ1n) is 9.31. The summed E-state index contributed by atoms with van der Waals surface area (Å²) in [5.41, 5.74) is 2.90. The summed E-state index contributed by atoms with van der Waals surface area (Å²) < 4.78 is 5.54. The normalized spacial score (nSPS) is 14.8. The fourth-order valence-corrected chi connectivity index (χ4v) is 3.23. The molecule has 0 N–H and O–H groups in total. The van der Waals surface area contributed by atoms with Crippen molar-refractivity contribution in [1.29, 1.82) is 0 Å². The summed E-state index contributed by atoms with van der Waals surface area (Å²) >= 11 is 0. The van der Waals surface area contributed by atoms with Crippen LogP contribution in [0.25, 0.3) is 0 Å². The van der Waals surface area contributed by atoms with Crippen LogP contribution in [0, 0.1) is 13.8 Å². The van der Waals surface area contributed by atoms with E-state index in [0.717, 1.165) is 16.7 Å². The molecule has 1 aliphatic rings. The average molecular weight is 366 g/mol. The van der Waals surface area contributed by atoms with Gasteiger partial charge in [-0.25, -0.2) is 0 Å². The van der Waals surface area contributed by atoms with Crippen molar-refractivity contribution >= 4 is 11.7 Å². The molecule has 1 heterocycles. The van der Waals surface area contributed by atoms with Crippen LogP contribution in [-0.2, 0) is 4.79 Å². The lowest BCUT2D eigenvalue weighted by Crippen LogP contribution is -2.51.